The summed E-state index contributed by atoms with van der Waals surface area (Å²) in [6, 6.07) is 4.78. The van der Waals surface area contributed by atoms with Gasteiger partial charge in [0.25, 0.3) is 5.91 Å². The zero-order valence-electron chi connectivity index (χ0n) is 15.4. The first kappa shape index (κ1) is 19.2. The number of amides is 2. The van der Waals surface area contributed by atoms with E-state index in [1.807, 2.05) is 0 Å². The van der Waals surface area contributed by atoms with Crippen LogP contribution in [0.1, 0.15) is 43.0 Å². The number of carboxylic acids is 1. The van der Waals surface area contributed by atoms with E-state index >= 15 is 0 Å². The fourth-order valence-electron chi connectivity index (χ4n) is 3.55. The van der Waals surface area contributed by atoms with Crippen LogP contribution in [0, 0.1) is 0 Å². The van der Waals surface area contributed by atoms with Crippen LogP contribution in [0.3, 0.4) is 0 Å². The van der Waals surface area contributed by atoms with E-state index in [4.69, 9.17) is 14.6 Å². The van der Waals surface area contributed by atoms with Gasteiger partial charge in [0.05, 0.1) is 24.1 Å². The maximum atomic E-state index is 13.0. The fourth-order valence-corrected chi connectivity index (χ4v) is 3.55. The third kappa shape index (κ3) is 4.21. The third-order valence-electron chi connectivity index (χ3n) is 5.02. The number of hydrogen-bond donors (Lipinski definition) is 2. The average molecular weight is 376 g/mol. The fraction of sp³-hybridized carbons (Fsp3) is 0.526. The van der Waals surface area contributed by atoms with Gasteiger partial charge in [-0.05, 0) is 31.0 Å². The average Bonchev–Trinajstić information content (AvgIpc) is 2.64. The molecule has 0 saturated carbocycles. The number of carbonyl (C=O) groups is 3. The highest BCUT2D eigenvalue weighted by Crippen LogP contribution is 2.32. The summed E-state index contributed by atoms with van der Waals surface area (Å²) in [4.78, 5) is 37.2. The number of ether oxygens (including phenoxy) is 2. The van der Waals surface area contributed by atoms with Crippen LogP contribution in [0.25, 0.3) is 0 Å². The van der Waals surface area contributed by atoms with Crippen molar-refractivity contribution in [2.75, 3.05) is 19.0 Å². The molecule has 3 rings (SSSR count). The highest BCUT2D eigenvalue weighted by atomic mass is 16.5. The largest absolute Gasteiger partial charge is 0.490 e. The van der Waals surface area contributed by atoms with Gasteiger partial charge in [0.2, 0.25) is 5.91 Å². The highest BCUT2D eigenvalue weighted by molar-refractivity contribution is 5.99. The van der Waals surface area contributed by atoms with Crippen molar-refractivity contribution in [3.8, 4) is 5.75 Å². The van der Waals surface area contributed by atoms with Crippen molar-refractivity contribution in [3.63, 3.8) is 0 Å². The van der Waals surface area contributed by atoms with Crippen LogP contribution in [0.5, 0.6) is 5.75 Å². The van der Waals surface area contributed by atoms with Gasteiger partial charge < -0.3 is 24.8 Å². The Labute approximate surface area is 157 Å². The van der Waals surface area contributed by atoms with E-state index in [2.05, 4.69) is 5.32 Å². The Morgan fingerprint density at radius 2 is 2.11 bits per heavy atom. The Morgan fingerprint density at radius 1 is 1.33 bits per heavy atom. The Bertz CT molecular complexity index is 750. The van der Waals surface area contributed by atoms with E-state index in [9.17, 15) is 14.4 Å². The summed E-state index contributed by atoms with van der Waals surface area (Å²) in [7, 11) is 1.72. The van der Waals surface area contributed by atoms with Gasteiger partial charge in [-0.15, -0.1) is 0 Å². The number of benzene rings is 1. The summed E-state index contributed by atoms with van der Waals surface area (Å²) in [5.74, 6) is -0.828. The number of anilines is 1. The molecule has 0 bridgehead atoms. The van der Waals surface area contributed by atoms with Crippen LogP contribution in [0.4, 0.5) is 5.69 Å². The predicted octanol–water partition coefficient (Wildman–Crippen LogP) is 1.89. The number of hydrogen-bond acceptors (Lipinski definition) is 5. The molecule has 0 radical (unpaired) electrons. The Kier molecular flexibility index (Phi) is 5.65. The van der Waals surface area contributed by atoms with Gasteiger partial charge in [-0.1, -0.05) is 6.92 Å². The molecule has 0 aliphatic carbocycles. The summed E-state index contributed by atoms with van der Waals surface area (Å²) in [6.45, 7) is 1.98. The number of likely N-dealkylation sites (N-methyl/N-ethyl adjacent to an activating group) is 1. The zero-order valence-corrected chi connectivity index (χ0v) is 15.4. The molecule has 2 aliphatic heterocycles. The lowest BCUT2D eigenvalue weighted by atomic mass is 9.94. The summed E-state index contributed by atoms with van der Waals surface area (Å²) in [5.41, 5.74) is 0.932. The number of fused-ring (bicyclic) bond motifs is 2. The molecule has 0 unspecified atom stereocenters. The predicted molar refractivity (Wildman–Crippen MR) is 96.9 cm³/mol. The summed E-state index contributed by atoms with van der Waals surface area (Å²) in [6.07, 6.45) is 0.754. The minimum atomic E-state index is -0.901. The van der Waals surface area contributed by atoms with Gasteiger partial charge in [0.15, 0.2) is 0 Å². The number of aliphatic carboxylic acids is 1. The lowest BCUT2D eigenvalue weighted by Gasteiger charge is -2.42. The molecular weight excluding hydrogens is 352 g/mol. The molecular formula is C19H24N2O6. The van der Waals surface area contributed by atoms with Gasteiger partial charge in [-0.2, -0.15) is 0 Å². The molecule has 1 aromatic rings. The molecule has 2 aliphatic rings. The van der Waals surface area contributed by atoms with Crippen molar-refractivity contribution in [2.24, 2.45) is 0 Å². The number of rotatable bonds is 4. The minimum Gasteiger partial charge on any atom is -0.490 e. The van der Waals surface area contributed by atoms with E-state index in [0.29, 0.717) is 36.3 Å². The lowest BCUT2D eigenvalue weighted by molar-refractivity contribution is -0.148. The number of carbonyl (C=O) groups excluding carboxylic acids is 2. The first-order chi connectivity index (χ1) is 12.9. The lowest BCUT2D eigenvalue weighted by Crippen LogP contribution is -2.53. The molecule has 2 N–H and O–H groups in total. The first-order valence-electron chi connectivity index (χ1n) is 9.10. The van der Waals surface area contributed by atoms with Gasteiger partial charge in [-0.25, -0.2) is 0 Å². The van der Waals surface area contributed by atoms with Crippen molar-refractivity contribution >= 4 is 23.5 Å². The van der Waals surface area contributed by atoms with Crippen LogP contribution in [0.15, 0.2) is 18.2 Å². The van der Waals surface area contributed by atoms with E-state index in [1.54, 1.807) is 37.1 Å². The second-order valence-corrected chi connectivity index (χ2v) is 6.88. The highest BCUT2D eigenvalue weighted by Gasteiger charge is 2.39. The summed E-state index contributed by atoms with van der Waals surface area (Å²) >= 11 is 0. The van der Waals surface area contributed by atoms with E-state index in [0.717, 1.165) is 0 Å². The molecule has 2 heterocycles. The molecule has 0 spiro atoms. The van der Waals surface area contributed by atoms with Crippen LogP contribution in [0.2, 0.25) is 0 Å². The quantitative estimate of drug-likeness (QED) is 0.831. The van der Waals surface area contributed by atoms with Crippen molar-refractivity contribution in [3.05, 3.63) is 23.8 Å². The maximum absolute atomic E-state index is 13.0. The van der Waals surface area contributed by atoms with E-state index in [-0.39, 0.29) is 43.1 Å². The normalized spacial score (nSPS) is 24.7. The first-order valence-corrected chi connectivity index (χ1v) is 9.10. The Morgan fingerprint density at radius 3 is 2.81 bits per heavy atom. The minimum absolute atomic E-state index is 0.0576. The molecule has 2 amide bonds. The summed E-state index contributed by atoms with van der Waals surface area (Å²) in [5, 5.41) is 11.7. The van der Waals surface area contributed by atoms with Gasteiger partial charge in [-0.3, -0.25) is 14.4 Å². The second kappa shape index (κ2) is 7.96. The number of carboxylic acid groups (broad SMARTS) is 1. The van der Waals surface area contributed by atoms with Crippen molar-refractivity contribution in [1.82, 2.24) is 4.90 Å². The molecule has 27 heavy (non-hydrogen) atoms. The van der Waals surface area contributed by atoms with Crippen LogP contribution >= 0.6 is 0 Å². The van der Waals surface area contributed by atoms with Crippen molar-refractivity contribution in [2.45, 2.75) is 50.9 Å². The van der Waals surface area contributed by atoms with Crippen LogP contribution in [-0.2, 0) is 14.3 Å². The molecule has 8 heteroatoms. The van der Waals surface area contributed by atoms with Gasteiger partial charge in [0.1, 0.15) is 18.5 Å². The topological polar surface area (TPSA) is 105 Å². The number of nitrogens with one attached hydrogen (secondary N) is 1. The maximum Gasteiger partial charge on any atom is 0.305 e. The molecule has 1 saturated heterocycles. The van der Waals surface area contributed by atoms with Gasteiger partial charge >= 0.3 is 5.97 Å². The number of nitrogens with zero attached hydrogens (tertiary/aromatic N) is 1. The van der Waals surface area contributed by atoms with Gasteiger partial charge in [0, 0.05) is 19.2 Å². The molecule has 8 nitrogen and oxygen atoms in total. The van der Waals surface area contributed by atoms with Crippen molar-refractivity contribution in [1.29, 1.82) is 0 Å². The summed E-state index contributed by atoms with van der Waals surface area (Å²) < 4.78 is 11.7. The Balaban J connectivity index is 1.82. The molecule has 0 aromatic heterocycles. The van der Waals surface area contributed by atoms with Crippen LogP contribution < -0.4 is 10.1 Å². The van der Waals surface area contributed by atoms with E-state index < -0.39 is 5.97 Å². The molecule has 146 valence electrons. The zero-order chi connectivity index (χ0) is 19.6. The van der Waals surface area contributed by atoms with Crippen LogP contribution in [-0.4, -0.2) is 59.7 Å². The van der Waals surface area contributed by atoms with Crippen molar-refractivity contribution < 1.29 is 29.0 Å². The molecule has 3 atom stereocenters. The smallest absolute Gasteiger partial charge is 0.305 e. The molecule has 1 fully saturated rings. The molecule has 1 aromatic carbocycles. The second-order valence-electron chi connectivity index (χ2n) is 6.88. The Hall–Kier alpha value is -2.61. The van der Waals surface area contributed by atoms with E-state index in [1.165, 1.54) is 0 Å². The third-order valence-corrected chi connectivity index (χ3v) is 5.02. The monoisotopic (exact) mass is 376 g/mol. The SMILES string of the molecule is CCC(=O)Nc1ccc2c(c1)C(=O)N(C)[C@@H]1CC[C@H](CC(=O)O)O[C@@H]1CO2. The standard InChI is InChI=1S/C19H24N2O6/c1-3-17(22)20-11-4-7-15-13(8-11)19(25)21(2)14-6-5-12(9-18(23)24)27-16(14)10-26-15/h4,7-8,12,14,16H,3,5-6,9-10H2,1-2H3,(H,20,22)(H,23,24)/t12-,14-,16-/m1/s1.